The second-order valence-corrected chi connectivity index (χ2v) is 6.41. The Kier molecular flexibility index (Phi) is 5.19. The van der Waals surface area contributed by atoms with Crippen LogP contribution in [-0.2, 0) is 16.6 Å². The summed E-state index contributed by atoms with van der Waals surface area (Å²) in [5.41, 5.74) is 1.56. The maximum absolute atomic E-state index is 13.1. The zero-order valence-corrected chi connectivity index (χ0v) is 13.5. The highest BCUT2D eigenvalue weighted by molar-refractivity contribution is 6.30. The normalized spacial score (nSPS) is 11.3. The van der Waals surface area contributed by atoms with Crippen LogP contribution in [0.1, 0.15) is 25.0 Å². The van der Waals surface area contributed by atoms with Gasteiger partial charge >= 0.3 is 0 Å². The zero-order valence-electron chi connectivity index (χ0n) is 12.7. The number of rotatable bonds is 5. The number of nitrogens with one attached hydrogen (secondary N) is 1. The molecule has 0 aliphatic carbocycles. The van der Waals surface area contributed by atoms with Crippen LogP contribution in [0.2, 0.25) is 5.02 Å². The largest absolute Gasteiger partial charge is 0.355 e. The van der Waals surface area contributed by atoms with E-state index in [9.17, 15) is 9.18 Å². The van der Waals surface area contributed by atoms with Crippen molar-refractivity contribution in [1.82, 2.24) is 5.32 Å². The molecule has 0 saturated carbocycles. The van der Waals surface area contributed by atoms with E-state index in [0.29, 0.717) is 17.1 Å². The van der Waals surface area contributed by atoms with Gasteiger partial charge in [-0.1, -0.05) is 49.7 Å². The highest BCUT2D eigenvalue weighted by Crippen LogP contribution is 2.23. The molecule has 1 N–H and O–H groups in total. The topological polar surface area (TPSA) is 29.1 Å². The minimum absolute atomic E-state index is 0.118. The first-order valence-corrected chi connectivity index (χ1v) is 7.52. The fourth-order valence-electron chi connectivity index (χ4n) is 2.22. The van der Waals surface area contributed by atoms with E-state index in [1.165, 1.54) is 12.1 Å². The van der Waals surface area contributed by atoms with Crippen molar-refractivity contribution in [2.45, 2.75) is 25.7 Å². The monoisotopic (exact) mass is 319 g/mol. The lowest BCUT2D eigenvalue weighted by Gasteiger charge is -2.25. The van der Waals surface area contributed by atoms with Gasteiger partial charge in [0.1, 0.15) is 5.82 Å². The first-order chi connectivity index (χ1) is 10.4. The second kappa shape index (κ2) is 6.93. The van der Waals surface area contributed by atoms with Gasteiger partial charge in [-0.25, -0.2) is 4.39 Å². The van der Waals surface area contributed by atoms with Gasteiger partial charge in [0, 0.05) is 17.0 Å². The second-order valence-electron chi connectivity index (χ2n) is 5.97. The summed E-state index contributed by atoms with van der Waals surface area (Å²) < 4.78 is 13.1. The van der Waals surface area contributed by atoms with Crippen LogP contribution in [0.5, 0.6) is 0 Å². The van der Waals surface area contributed by atoms with Crippen molar-refractivity contribution in [1.29, 1.82) is 0 Å². The number of amides is 1. The summed E-state index contributed by atoms with van der Waals surface area (Å²) in [5.74, 6) is -0.445. The summed E-state index contributed by atoms with van der Waals surface area (Å²) in [6, 6.07) is 13.7. The van der Waals surface area contributed by atoms with Crippen molar-refractivity contribution in [3.8, 4) is 0 Å². The van der Waals surface area contributed by atoms with E-state index in [0.717, 1.165) is 5.56 Å². The Balaban J connectivity index is 1.93. The van der Waals surface area contributed by atoms with E-state index < -0.39 is 0 Å². The summed E-state index contributed by atoms with van der Waals surface area (Å²) >= 11 is 5.89. The lowest BCUT2D eigenvalue weighted by molar-refractivity contribution is -0.120. The SMILES string of the molecule is CC(C)(CNC(=O)Cc1cccc(F)c1)c1ccc(Cl)cc1. The van der Waals surface area contributed by atoms with Crippen LogP contribution in [0.25, 0.3) is 0 Å². The highest BCUT2D eigenvalue weighted by Gasteiger charge is 2.21. The molecule has 22 heavy (non-hydrogen) atoms. The molecule has 0 fully saturated rings. The lowest BCUT2D eigenvalue weighted by atomic mass is 9.84. The van der Waals surface area contributed by atoms with Crippen molar-refractivity contribution in [2.24, 2.45) is 0 Å². The van der Waals surface area contributed by atoms with Crippen molar-refractivity contribution >= 4 is 17.5 Å². The predicted octanol–water partition coefficient (Wildman–Crippen LogP) is 4.12. The van der Waals surface area contributed by atoms with E-state index in [-0.39, 0.29) is 23.6 Å². The molecule has 0 atom stereocenters. The predicted molar refractivity (Wildman–Crippen MR) is 87.6 cm³/mol. The van der Waals surface area contributed by atoms with E-state index in [4.69, 9.17) is 11.6 Å². The molecule has 0 aromatic heterocycles. The van der Waals surface area contributed by atoms with E-state index in [2.05, 4.69) is 19.2 Å². The van der Waals surface area contributed by atoms with Gasteiger partial charge in [-0.2, -0.15) is 0 Å². The fourth-order valence-corrected chi connectivity index (χ4v) is 2.34. The van der Waals surface area contributed by atoms with Gasteiger partial charge in [0.15, 0.2) is 0 Å². The number of hydrogen-bond acceptors (Lipinski definition) is 1. The Hall–Kier alpha value is -1.87. The first-order valence-electron chi connectivity index (χ1n) is 7.14. The molecule has 116 valence electrons. The quantitative estimate of drug-likeness (QED) is 0.882. The van der Waals surface area contributed by atoms with Crippen LogP contribution in [-0.4, -0.2) is 12.5 Å². The average molecular weight is 320 g/mol. The van der Waals surface area contributed by atoms with Gasteiger partial charge in [0.25, 0.3) is 0 Å². The molecule has 2 aromatic carbocycles. The Morgan fingerprint density at radius 3 is 2.50 bits per heavy atom. The van der Waals surface area contributed by atoms with Gasteiger partial charge in [-0.05, 0) is 35.4 Å². The fraction of sp³-hybridized carbons (Fsp3) is 0.278. The molecule has 2 nitrogen and oxygen atoms in total. The van der Waals surface area contributed by atoms with Crippen molar-refractivity contribution in [3.05, 3.63) is 70.5 Å². The van der Waals surface area contributed by atoms with Crippen molar-refractivity contribution < 1.29 is 9.18 Å². The molecule has 0 heterocycles. The van der Waals surface area contributed by atoms with Gasteiger partial charge in [0.2, 0.25) is 5.91 Å². The summed E-state index contributed by atoms with van der Waals surface area (Å²) in [6.45, 7) is 4.61. The lowest BCUT2D eigenvalue weighted by Crippen LogP contribution is -2.37. The van der Waals surface area contributed by atoms with Gasteiger partial charge in [-0.3, -0.25) is 4.79 Å². The molecular formula is C18H19ClFNO. The van der Waals surface area contributed by atoms with E-state index in [1.807, 2.05) is 24.3 Å². The third-order valence-corrected chi connectivity index (χ3v) is 3.86. The van der Waals surface area contributed by atoms with Crippen LogP contribution in [0.4, 0.5) is 4.39 Å². The number of halogens is 2. The standard InChI is InChI=1S/C18H19ClFNO/c1-18(2,14-6-8-15(19)9-7-14)12-21-17(22)11-13-4-3-5-16(20)10-13/h3-10H,11-12H2,1-2H3,(H,21,22). The molecule has 0 aliphatic rings. The maximum atomic E-state index is 13.1. The van der Waals surface area contributed by atoms with E-state index in [1.54, 1.807) is 12.1 Å². The maximum Gasteiger partial charge on any atom is 0.224 e. The molecule has 0 aliphatic heterocycles. The molecular weight excluding hydrogens is 301 g/mol. The number of benzene rings is 2. The summed E-state index contributed by atoms with van der Waals surface area (Å²) in [4.78, 5) is 12.0. The number of carbonyl (C=O) groups is 1. The van der Waals surface area contributed by atoms with Gasteiger partial charge in [0.05, 0.1) is 6.42 Å². The molecule has 4 heteroatoms. The molecule has 0 unspecified atom stereocenters. The van der Waals surface area contributed by atoms with Gasteiger partial charge < -0.3 is 5.32 Å². The number of hydrogen-bond donors (Lipinski definition) is 1. The van der Waals surface area contributed by atoms with E-state index >= 15 is 0 Å². The van der Waals surface area contributed by atoms with Crippen LogP contribution >= 0.6 is 11.6 Å². The Labute approximate surface area is 135 Å². The minimum atomic E-state index is -0.327. The van der Waals surface area contributed by atoms with Crippen LogP contribution < -0.4 is 5.32 Å². The van der Waals surface area contributed by atoms with Crippen molar-refractivity contribution in [2.75, 3.05) is 6.54 Å². The molecule has 2 rings (SSSR count). The summed E-state index contributed by atoms with van der Waals surface area (Å²) in [5, 5.41) is 3.60. The molecule has 1 amide bonds. The first kappa shape index (κ1) is 16.5. The van der Waals surface area contributed by atoms with Gasteiger partial charge in [-0.15, -0.1) is 0 Å². The molecule has 0 saturated heterocycles. The number of carbonyl (C=O) groups excluding carboxylic acids is 1. The average Bonchev–Trinajstić information content (AvgIpc) is 2.46. The third-order valence-electron chi connectivity index (χ3n) is 3.61. The molecule has 0 bridgehead atoms. The van der Waals surface area contributed by atoms with Crippen LogP contribution in [0, 0.1) is 5.82 Å². The molecule has 2 aromatic rings. The van der Waals surface area contributed by atoms with Crippen molar-refractivity contribution in [3.63, 3.8) is 0 Å². The molecule has 0 spiro atoms. The Morgan fingerprint density at radius 1 is 1.18 bits per heavy atom. The minimum Gasteiger partial charge on any atom is -0.355 e. The summed E-state index contributed by atoms with van der Waals surface area (Å²) in [7, 11) is 0. The third kappa shape index (κ3) is 4.57. The van der Waals surface area contributed by atoms with Crippen LogP contribution in [0.15, 0.2) is 48.5 Å². The molecule has 0 radical (unpaired) electrons. The smallest absolute Gasteiger partial charge is 0.224 e. The highest BCUT2D eigenvalue weighted by atomic mass is 35.5. The van der Waals surface area contributed by atoms with Crippen LogP contribution in [0.3, 0.4) is 0 Å². The Bertz CT molecular complexity index is 652. The Morgan fingerprint density at radius 2 is 1.86 bits per heavy atom. The summed E-state index contributed by atoms with van der Waals surface area (Å²) in [6.07, 6.45) is 0.175. The zero-order chi connectivity index (χ0) is 16.2.